The average Bonchev–Trinajstić information content (AvgIpc) is 2.69. The van der Waals surface area contributed by atoms with Crippen molar-refractivity contribution in [3.63, 3.8) is 0 Å². The summed E-state index contributed by atoms with van der Waals surface area (Å²) in [6.45, 7) is 0. The minimum atomic E-state index is -0.267. The van der Waals surface area contributed by atoms with Crippen LogP contribution in [0.1, 0.15) is 0 Å². The highest BCUT2D eigenvalue weighted by molar-refractivity contribution is 5.88. The van der Waals surface area contributed by atoms with Gasteiger partial charge in [-0.3, -0.25) is 4.40 Å². The lowest BCUT2D eigenvalue weighted by Gasteiger charge is -2.00. The maximum absolute atomic E-state index is 11.7. The van der Waals surface area contributed by atoms with Crippen LogP contribution in [0.15, 0.2) is 35.1 Å². The molecule has 16 heavy (non-hydrogen) atoms. The maximum Gasteiger partial charge on any atom is 0.347 e. The molecule has 0 bridgehead atoms. The standard InChI is InChI=1S/C11H9N3O2/c1-16-10-9-6-7-4-2-3-5-8(7)14(9)11(15)13-12-10/h2-6H,1H3,(H,13,15). The van der Waals surface area contributed by atoms with Crippen LogP contribution in [0.25, 0.3) is 16.4 Å². The molecular weight excluding hydrogens is 206 g/mol. The summed E-state index contributed by atoms with van der Waals surface area (Å²) in [6, 6.07) is 9.53. The van der Waals surface area contributed by atoms with E-state index in [4.69, 9.17) is 4.74 Å². The van der Waals surface area contributed by atoms with Crippen molar-refractivity contribution in [1.82, 2.24) is 14.6 Å². The topological polar surface area (TPSA) is 59.4 Å². The molecule has 5 heteroatoms. The third-order valence-corrected chi connectivity index (χ3v) is 2.58. The Labute approximate surface area is 90.3 Å². The second-order valence-electron chi connectivity index (χ2n) is 3.46. The largest absolute Gasteiger partial charge is 0.478 e. The molecule has 3 rings (SSSR count). The number of fused-ring (bicyclic) bond motifs is 3. The molecule has 0 fully saturated rings. The Morgan fingerprint density at radius 1 is 1.31 bits per heavy atom. The van der Waals surface area contributed by atoms with Crippen LogP contribution < -0.4 is 10.4 Å². The number of rotatable bonds is 1. The van der Waals surface area contributed by atoms with E-state index in [1.165, 1.54) is 7.11 Å². The first kappa shape index (κ1) is 8.96. The molecule has 3 aromatic rings. The number of aromatic nitrogens is 3. The summed E-state index contributed by atoms with van der Waals surface area (Å²) in [5.74, 6) is 0.413. The van der Waals surface area contributed by atoms with Crippen LogP contribution in [0.2, 0.25) is 0 Å². The quantitative estimate of drug-likeness (QED) is 0.663. The van der Waals surface area contributed by atoms with Crippen molar-refractivity contribution < 1.29 is 4.74 Å². The molecule has 1 aromatic carbocycles. The summed E-state index contributed by atoms with van der Waals surface area (Å²) in [7, 11) is 1.53. The summed E-state index contributed by atoms with van der Waals surface area (Å²) in [4.78, 5) is 11.7. The van der Waals surface area contributed by atoms with Crippen LogP contribution in [0.3, 0.4) is 0 Å². The SMILES string of the molecule is COc1n[nH]c(=O)n2c1cc1ccccc12. The molecule has 0 saturated carbocycles. The van der Waals surface area contributed by atoms with Gasteiger partial charge in [-0.25, -0.2) is 9.89 Å². The van der Waals surface area contributed by atoms with Crippen molar-refractivity contribution in [3.8, 4) is 5.88 Å². The van der Waals surface area contributed by atoms with Crippen molar-refractivity contribution >= 4 is 16.4 Å². The van der Waals surface area contributed by atoms with Crippen LogP contribution >= 0.6 is 0 Å². The Morgan fingerprint density at radius 3 is 2.94 bits per heavy atom. The van der Waals surface area contributed by atoms with Gasteiger partial charge in [-0.2, -0.15) is 0 Å². The molecule has 0 unspecified atom stereocenters. The van der Waals surface area contributed by atoms with Crippen molar-refractivity contribution in [2.24, 2.45) is 0 Å². The zero-order valence-electron chi connectivity index (χ0n) is 8.60. The average molecular weight is 215 g/mol. The summed E-state index contributed by atoms with van der Waals surface area (Å²) in [5.41, 5.74) is 1.25. The van der Waals surface area contributed by atoms with Crippen LogP contribution in [-0.2, 0) is 0 Å². The van der Waals surface area contributed by atoms with E-state index in [1.54, 1.807) is 4.40 Å². The molecule has 80 valence electrons. The molecule has 0 radical (unpaired) electrons. The highest BCUT2D eigenvalue weighted by Crippen LogP contribution is 2.22. The molecular formula is C11H9N3O2. The van der Waals surface area contributed by atoms with Gasteiger partial charge >= 0.3 is 5.69 Å². The third-order valence-electron chi connectivity index (χ3n) is 2.58. The van der Waals surface area contributed by atoms with Gasteiger partial charge in [0.2, 0.25) is 0 Å². The van der Waals surface area contributed by atoms with E-state index in [9.17, 15) is 4.79 Å². The number of hydrogen-bond donors (Lipinski definition) is 1. The molecule has 0 amide bonds. The number of nitrogens with one attached hydrogen (secondary N) is 1. The lowest BCUT2D eigenvalue weighted by Crippen LogP contribution is -2.17. The smallest absolute Gasteiger partial charge is 0.347 e. The third kappa shape index (κ3) is 1.05. The van der Waals surface area contributed by atoms with Crippen LogP contribution in [0, 0.1) is 0 Å². The van der Waals surface area contributed by atoms with Gasteiger partial charge in [0.15, 0.2) is 0 Å². The minimum absolute atomic E-state index is 0.267. The lowest BCUT2D eigenvalue weighted by molar-refractivity contribution is 0.393. The lowest BCUT2D eigenvalue weighted by atomic mass is 10.2. The predicted molar refractivity (Wildman–Crippen MR) is 59.9 cm³/mol. The van der Waals surface area contributed by atoms with E-state index >= 15 is 0 Å². The second kappa shape index (κ2) is 3.10. The van der Waals surface area contributed by atoms with Crippen molar-refractivity contribution in [2.75, 3.05) is 7.11 Å². The molecule has 0 spiro atoms. The number of hydrogen-bond acceptors (Lipinski definition) is 3. The Morgan fingerprint density at radius 2 is 2.12 bits per heavy atom. The van der Waals surface area contributed by atoms with Crippen LogP contribution in [-0.4, -0.2) is 21.7 Å². The van der Waals surface area contributed by atoms with Gasteiger partial charge in [0, 0.05) is 5.39 Å². The molecule has 5 nitrogen and oxygen atoms in total. The van der Waals surface area contributed by atoms with Gasteiger partial charge in [-0.15, -0.1) is 5.10 Å². The number of methoxy groups -OCH3 is 1. The fourth-order valence-electron chi connectivity index (χ4n) is 1.89. The van der Waals surface area contributed by atoms with Crippen molar-refractivity contribution in [1.29, 1.82) is 0 Å². The Kier molecular flexibility index (Phi) is 1.73. The Bertz CT molecular complexity index is 727. The summed E-state index contributed by atoms with van der Waals surface area (Å²) in [6.07, 6.45) is 0. The molecule has 0 atom stereocenters. The van der Waals surface area contributed by atoms with E-state index in [2.05, 4.69) is 10.2 Å². The van der Waals surface area contributed by atoms with Gasteiger partial charge in [-0.05, 0) is 12.1 Å². The van der Waals surface area contributed by atoms with E-state index < -0.39 is 0 Å². The van der Waals surface area contributed by atoms with Gasteiger partial charge in [0.05, 0.1) is 12.6 Å². The van der Waals surface area contributed by atoms with E-state index in [0.717, 1.165) is 10.9 Å². The summed E-state index contributed by atoms with van der Waals surface area (Å²) >= 11 is 0. The summed E-state index contributed by atoms with van der Waals surface area (Å²) < 4.78 is 6.67. The van der Waals surface area contributed by atoms with E-state index in [0.29, 0.717) is 11.4 Å². The van der Waals surface area contributed by atoms with Gasteiger partial charge in [-0.1, -0.05) is 18.2 Å². The number of benzene rings is 1. The molecule has 0 aliphatic heterocycles. The first-order chi connectivity index (χ1) is 7.81. The Hall–Kier alpha value is -2.30. The van der Waals surface area contributed by atoms with Crippen molar-refractivity contribution in [3.05, 3.63) is 40.8 Å². The minimum Gasteiger partial charge on any atom is -0.478 e. The molecule has 2 heterocycles. The van der Waals surface area contributed by atoms with E-state index in [-0.39, 0.29) is 5.69 Å². The predicted octanol–water partition coefficient (Wildman–Crippen LogP) is 1.18. The Balaban J connectivity index is 2.63. The molecule has 0 aliphatic rings. The molecule has 2 aromatic heterocycles. The number of para-hydroxylation sites is 1. The first-order valence-corrected chi connectivity index (χ1v) is 4.84. The zero-order valence-corrected chi connectivity index (χ0v) is 8.60. The highest BCUT2D eigenvalue weighted by Gasteiger charge is 2.10. The molecule has 1 N–H and O–H groups in total. The van der Waals surface area contributed by atoms with Gasteiger partial charge in [0.1, 0.15) is 5.52 Å². The number of aromatic amines is 1. The van der Waals surface area contributed by atoms with Crippen molar-refractivity contribution in [2.45, 2.75) is 0 Å². The zero-order chi connectivity index (χ0) is 11.1. The molecule has 0 saturated heterocycles. The van der Waals surface area contributed by atoms with Gasteiger partial charge < -0.3 is 4.74 Å². The number of H-pyrrole nitrogens is 1. The normalized spacial score (nSPS) is 11.1. The fraction of sp³-hybridized carbons (Fsp3) is 0.0909. The van der Waals surface area contributed by atoms with Crippen LogP contribution in [0.5, 0.6) is 5.88 Å². The fourth-order valence-corrected chi connectivity index (χ4v) is 1.89. The first-order valence-electron chi connectivity index (χ1n) is 4.84. The monoisotopic (exact) mass is 215 g/mol. The number of nitrogens with zero attached hydrogens (tertiary/aromatic N) is 2. The summed E-state index contributed by atoms with van der Waals surface area (Å²) in [5, 5.41) is 7.23. The van der Waals surface area contributed by atoms with Crippen LogP contribution in [0.4, 0.5) is 0 Å². The van der Waals surface area contributed by atoms with E-state index in [1.807, 2.05) is 30.3 Å². The second-order valence-corrected chi connectivity index (χ2v) is 3.46. The van der Waals surface area contributed by atoms with Gasteiger partial charge in [0.25, 0.3) is 5.88 Å². The maximum atomic E-state index is 11.7. The highest BCUT2D eigenvalue weighted by atomic mass is 16.5. The molecule has 0 aliphatic carbocycles. The number of ether oxygens (including phenoxy) is 1.